The molecule has 0 bridgehead atoms. The first-order chi connectivity index (χ1) is 14.2. The SMILES string of the molecule is CCCCCCCCCc1cnc(-c2ccc(OCCCCC(C)C)cc2)nc1. The molecule has 1 aromatic carbocycles. The van der Waals surface area contributed by atoms with Crippen molar-refractivity contribution < 1.29 is 4.74 Å². The molecule has 0 atom stereocenters. The van der Waals surface area contributed by atoms with Crippen molar-refractivity contribution in [1.82, 2.24) is 9.97 Å². The summed E-state index contributed by atoms with van der Waals surface area (Å²) >= 11 is 0. The molecule has 0 radical (unpaired) electrons. The Kier molecular flexibility index (Phi) is 11.4. The van der Waals surface area contributed by atoms with E-state index in [1.165, 1.54) is 63.4 Å². The van der Waals surface area contributed by atoms with Crippen LogP contribution in [0.1, 0.15) is 90.5 Å². The van der Waals surface area contributed by atoms with E-state index in [4.69, 9.17) is 4.74 Å². The van der Waals surface area contributed by atoms with Crippen LogP contribution in [-0.2, 0) is 6.42 Å². The van der Waals surface area contributed by atoms with Crippen molar-refractivity contribution in [2.24, 2.45) is 5.92 Å². The summed E-state index contributed by atoms with van der Waals surface area (Å²) in [6.07, 6.45) is 18.0. The van der Waals surface area contributed by atoms with Crippen LogP contribution in [-0.4, -0.2) is 16.6 Å². The van der Waals surface area contributed by atoms with E-state index >= 15 is 0 Å². The van der Waals surface area contributed by atoms with Crippen molar-refractivity contribution in [2.45, 2.75) is 91.4 Å². The van der Waals surface area contributed by atoms with Crippen molar-refractivity contribution in [3.05, 3.63) is 42.2 Å². The predicted octanol–water partition coefficient (Wildman–Crippen LogP) is 7.64. The van der Waals surface area contributed by atoms with E-state index in [1.54, 1.807) is 0 Å². The lowest BCUT2D eigenvalue weighted by Gasteiger charge is -2.08. The molecule has 160 valence electrons. The molecular weight excluding hydrogens is 356 g/mol. The molecule has 0 aliphatic rings. The van der Waals surface area contributed by atoms with Gasteiger partial charge in [0.2, 0.25) is 0 Å². The molecule has 1 heterocycles. The lowest BCUT2D eigenvalue weighted by molar-refractivity contribution is 0.301. The molecule has 3 nitrogen and oxygen atoms in total. The third kappa shape index (κ3) is 9.92. The summed E-state index contributed by atoms with van der Waals surface area (Å²) in [4.78, 5) is 9.14. The van der Waals surface area contributed by atoms with E-state index in [1.807, 2.05) is 24.5 Å². The number of rotatable bonds is 15. The lowest BCUT2D eigenvalue weighted by Crippen LogP contribution is -1.98. The molecule has 0 amide bonds. The third-order valence-electron chi connectivity index (χ3n) is 5.33. The van der Waals surface area contributed by atoms with Crippen LogP contribution in [0, 0.1) is 5.92 Å². The minimum absolute atomic E-state index is 0.774. The zero-order valence-electron chi connectivity index (χ0n) is 18.8. The zero-order valence-corrected chi connectivity index (χ0v) is 18.8. The number of ether oxygens (including phenoxy) is 1. The molecule has 29 heavy (non-hydrogen) atoms. The van der Waals surface area contributed by atoms with Gasteiger partial charge in [-0.05, 0) is 61.4 Å². The quantitative estimate of drug-likeness (QED) is 0.290. The first kappa shape index (κ1) is 23.4. The molecule has 0 aliphatic carbocycles. The average molecular weight is 397 g/mol. The largest absolute Gasteiger partial charge is 0.494 e. The summed E-state index contributed by atoms with van der Waals surface area (Å²) in [7, 11) is 0. The number of benzene rings is 1. The van der Waals surface area contributed by atoms with Gasteiger partial charge in [-0.2, -0.15) is 0 Å². The van der Waals surface area contributed by atoms with Crippen molar-refractivity contribution in [2.75, 3.05) is 6.61 Å². The van der Waals surface area contributed by atoms with E-state index < -0.39 is 0 Å². The Bertz CT molecular complexity index is 649. The first-order valence-electron chi connectivity index (χ1n) is 11.7. The highest BCUT2D eigenvalue weighted by atomic mass is 16.5. The zero-order chi connectivity index (χ0) is 20.7. The van der Waals surface area contributed by atoms with Crippen LogP contribution in [0.25, 0.3) is 11.4 Å². The van der Waals surface area contributed by atoms with E-state index in [9.17, 15) is 0 Å². The predicted molar refractivity (Wildman–Crippen MR) is 123 cm³/mol. The Morgan fingerprint density at radius 1 is 0.793 bits per heavy atom. The van der Waals surface area contributed by atoms with Crippen LogP contribution >= 0.6 is 0 Å². The number of aromatic nitrogens is 2. The molecule has 0 spiro atoms. The lowest BCUT2D eigenvalue weighted by atomic mass is 10.1. The molecule has 2 aromatic rings. The third-order valence-corrected chi connectivity index (χ3v) is 5.33. The van der Waals surface area contributed by atoms with Crippen LogP contribution in [0.3, 0.4) is 0 Å². The summed E-state index contributed by atoms with van der Waals surface area (Å²) in [5.41, 5.74) is 2.28. The van der Waals surface area contributed by atoms with Gasteiger partial charge >= 0.3 is 0 Å². The molecular formula is C26H40N2O. The van der Waals surface area contributed by atoms with E-state index in [-0.39, 0.29) is 0 Å². The van der Waals surface area contributed by atoms with Crippen LogP contribution in [0.2, 0.25) is 0 Å². The molecule has 0 unspecified atom stereocenters. The van der Waals surface area contributed by atoms with Gasteiger partial charge in [-0.15, -0.1) is 0 Å². The van der Waals surface area contributed by atoms with Gasteiger partial charge in [0.1, 0.15) is 5.75 Å². The van der Waals surface area contributed by atoms with Crippen LogP contribution in [0.5, 0.6) is 5.75 Å². The Balaban J connectivity index is 1.69. The van der Waals surface area contributed by atoms with Crippen molar-refractivity contribution >= 4 is 0 Å². The van der Waals surface area contributed by atoms with Crippen molar-refractivity contribution in [3.8, 4) is 17.1 Å². The molecule has 0 saturated heterocycles. The Morgan fingerprint density at radius 2 is 1.45 bits per heavy atom. The fourth-order valence-electron chi connectivity index (χ4n) is 3.46. The second kappa shape index (κ2) is 14.1. The monoisotopic (exact) mass is 396 g/mol. The Morgan fingerprint density at radius 3 is 2.10 bits per heavy atom. The maximum atomic E-state index is 5.84. The normalized spacial score (nSPS) is 11.2. The molecule has 0 saturated carbocycles. The summed E-state index contributed by atoms with van der Waals surface area (Å²) in [5.74, 6) is 2.49. The standard InChI is InChI=1S/C26H40N2O/c1-4-5-6-7-8-9-10-14-23-20-27-26(28-21-23)24-15-17-25(18-16-24)29-19-12-11-13-22(2)3/h15-18,20-22H,4-14,19H2,1-3H3. The van der Waals surface area contributed by atoms with E-state index in [0.717, 1.165) is 42.5 Å². The highest BCUT2D eigenvalue weighted by Crippen LogP contribution is 2.20. The number of aryl methyl sites for hydroxylation is 1. The van der Waals surface area contributed by atoms with Gasteiger partial charge < -0.3 is 4.74 Å². The van der Waals surface area contributed by atoms with Gasteiger partial charge in [-0.1, -0.05) is 65.7 Å². The van der Waals surface area contributed by atoms with Gasteiger partial charge in [0.05, 0.1) is 6.61 Å². The second-order valence-electron chi connectivity index (χ2n) is 8.55. The van der Waals surface area contributed by atoms with Crippen molar-refractivity contribution in [3.63, 3.8) is 0 Å². The molecule has 0 fully saturated rings. The van der Waals surface area contributed by atoms with E-state index in [2.05, 4.69) is 42.9 Å². The fraction of sp³-hybridized carbons (Fsp3) is 0.615. The molecule has 1 aromatic heterocycles. The van der Waals surface area contributed by atoms with Gasteiger partial charge in [0, 0.05) is 18.0 Å². The maximum absolute atomic E-state index is 5.84. The smallest absolute Gasteiger partial charge is 0.159 e. The minimum Gasteiger partial charge on any atom is -0.494 e. The number of hydrogen-bond donors (Lipinski definition) is 0. The van der Waals surface area contributed by atoms with Crippen LogP contribution < -0.4 is 4.74 Å². The number of hydrogen-bond acceptors (Lipinski definition) is 3. The van der Waals surface area contributed by atoms with Crippen LogP contribution in [0.15, 0.2) is 36.7 Å². The molecule has 0 N–H and O–H groups in total. The minimum atomic E-state index is 0.774. The fourth-order valence-corrected chi connectivity index (χ4v) is 3.46. The second-order valence-corrected chi connectivity index (χ2v) is 8.55. The number of unbranched alkanes of at least 4 members (excludes halogenated alkanes) is 7. The van der Waals surface area contributed by atoms with Crippen LogP contribution in [0.4, 0.5) is 0 Å². The van der Waals surface area contributed by atoms with Gasteiger partial charge in [0.25, 0.3) is 0 Å². The van der Waals surface area contributed by atoms with Gasteiger partial charge in [0.15, 0.2) is 5.82 Å². The first-order valence-corrected chi connectivity index (χ1v) is 11.7. The number of nitrogens with zero attached hydrogens (tertiary/aromatic N) is 2. The highest BCUT2D eigenvalue weighted by molar-refractivity contribution is 5.55. The van der Waals surface area contributed by atoms with Gasteiger partial charge in [-0.3, -0.25) is 0 Å². The topological polar surface area (TPSA) is 35.0 Å². The Labute approximate surface area is 178 Å². The Hall–Kier alpha value is -1.90. The highest BCUT2D eigenvalue weighted by Gasteiger charge is 2.03. The van der Waals surface area contributed by atoms with Gasteiger partial charge in [-0.25, -0.2) is 9.97 Å². The maximum Gasteiger partial charge on any atom is 0.159 e. The van der Waals surface area contributed by atoms with E-state index in [0.29, 0.717) is 0 Å². The van der Waals surface area contributed by atoms with Crippen molar-refractivity contribution in [1.29, 1.82) is 0 Å². The summed E-state index contributed by atoms with van der Waals surface area (Å²) < 4.78 is 5.84. The average Bonchev–Trinajstić information content (AvgIpc) is 2.74. The summed E-state index contributed by atoms with van der Waals surface area (Å²) in [6.45, 7) is 7.59. The summed E-state index contributed by atoms with van der Waals surface area (Å²) in [5, 5.41) is 0. The molecule has 0 aliphatic heterocycles. The summed E-state index contributed by atoms with van der Waals surface area (Å²) in [6, 6.07) is 8.14. The molecule has 3 heteroatoms. The molecule has 2 rings (SSSR count).